The van der Waals surface area contributed by atoms with Gasteiger partial charge in [-0.1, -0.05) is 35.6 Å². The van der Waals surface area contributed by atoms with Gasteiger partial charge >= 0.3 is 0 Å². The number of rotatable bonds is 2. The topological polar surface area (TPSA) is 34.0 Å². The monoisotopic (exact) mass is 320 g/mol. The lowest BCUT2D eigenvalue weighted by Gasteiger charge is -2.06. The van der Waals surface area contributed by atoms with E-state index in [0.717, 1.165) is 11.4 Å². The van der Waals surface area contributed by atoms with E-state index < -0.39 is 0 Å². The van der Waals surface area contributed by atoms with Crippen molar-refractivity contribution in [3.63, 3.8) is 0 Å². The van der Waals surface area contributed by atoms with Gasteiger partial charge in [-0.05, 0) is 42.5 Å². The smallest absolute Gasteiger partial charge is 0.263 e. The fraction of sp³-hybridized carbons (Fsp3) is 0. The Bertz CT molecular complexity index is 719. The summed E-state index contributed by atoms with van der Waals surface area (Å²) in [6.45, 7) is 0. The van der Waals surface area contributed by atoms with E-state index in [-0.39, 0.29) is 5.91 Å². The van der Waals surface area contributed by atoms with Crippen LogP contribution in [-0.4, -0.2) is 14.8 Å². The predicted octanol–water partition coefficient (Wildman–Crippen LogP) is 3.62. The van der Waals surface area contributed by atoms with E-state index >= 15 is 0 Å². The average Bonchev–Trinajstić information content (AvgIpc) is 2.98. The zero-order chi connectivity index (χ0) is 14.1. The van der Waals surface area contributed by atoms with Crippen LogP contribution in [0.2, 0.25) is 5.02 Å². The van der Waals surface area contributed by atoms with Gasteiger partial charge in [-0.25, -0.2) is 0 Å². The number of thioether (sulfide) groups is 1. The van der Waals surface area contributed by atoms with Gasteiger partial charge in [0.2, 0.25) is 0 Å². The Kier molecular flexibility index (Phi) is 3.65. The van der Waals surface area contributed by atoms with Crippen molar-refractivity contribution in [1.29, 1.82) is 0 Å². The fourth-order valence-corrected chi connectivity index (χ4v) is 3.06. The number of thiocarbonyl (C=S) groups is 1. The van der Waals surface area contributed by atoms with Crippen LogP contribution in [0, 0.1) is 0 Å². The van der Waals surface area contributed by atoms with E-state index in [4.69, 9.17) is 23.8 Å². The first kappa shape index (κ1) is 13.4. The van der Waals surface area contributed by atoms with Gasteiger partial charge in [-0.15, -0.1) is 0 Å². The third-order valence-electron chi connectivity index (χ3n) is 2.81. The van der Waals surface area contributed by atoms with Crippen LogP contribution in [0.15, 0.2) is 47.5 Å². The number of amides is 1. The summed E-state index contributed by atoms with van der Waals surface area (Å²) in [6, 6.07) is 11.4. The summed E-state index contributed by atoms with van der Waals surface area (Å²) in [6.07, 6.45) is 3.76. The highest BCUT2D eigenvalue weighted by molar-refractivity contribution is 8.26. The second-order valence-electron chi connectivity index (χ2n) is 4.13. The van der Waals surface area contributed by atoms with Gasteiger partial charge in [0.15, 0.2) is 0 Å². The predicted molar refractivity (Wildman–Crippen MR) is 87.1 cm³/mol. The number of nitrogens with one attached hydrogen (secondary N) is 1. The molecule has 0 spiro atoms. The molecule has 20 heavy (non-hydrogen) atoms. The van der Waals surface area contributed by atoms with Crippen LogP contribution < -0.4 is 5.32 Å². The van der Waals surface area contributed by atoms with Gasteiger partial charge in [0.1, 0.15) is 4.32 Å². The molecule has 0 radical (unpaired) electrons. The van der Waals surface area contributed by atoms with Crippen molar-refractivity contribution in [2.45, 2.75) is 0 Å². The third-order valence-corrected chi connectivity index (χ3v) is 4.22. The third kappa shape index (κ3) is 2.65. The van der Waals surface area contributed by atoms with Crippen molar-refractivity contribution in [2.75, 3.05) is 0 Å². The molecular weight excluding hydrogens is 312 g/mol. The van der Waals surface area contributed by atoms with E-state index in [1.165, 1.54) is 11.8 Å². The number of benzene rings is 1. The molecule has 100 valence electrons. The maximum atomic E-state index is 11.7. The number of halogens is 1. The number of carbonyl (C=O) groups excluding carboxylic acids is 1. The number of hydrogen-bond acceptors (Lipinski definition) is 3. The zero-order valence-electron chi connectivity index (χ0n) is 10.2. The van der Waals surface area contributed by atoms with Crippen molar-refractivity contribution < 1.29 is 4.79 Å². The van der Waals surface area contributed by atoms with Crippen molar-refractivity contribution in [1.82, 2.24) is 9.88 Å². The minimum atomic E-state index is -0.149. The summed E-state index contributed by atoms with van der Waals surface area (Å²) in [7, 11) is 0. The van der Waals surface area contributed by atoms with Crippen LogP contribution >= 0.6 is 35.6 Å². The molecule has 3 rings (SSSR count). The number of nitrogens with zero attached hydrogens (tertiary/aromatic N) is 1. The standard InChI is InChI=1S/C14H9ClN2OS2/c15-9-3-5-10(6-4-9)17-7-1-2-11(17)8-12-13(18)16-14(19)20-12/h1-8H,(H,16,18,19)/b12-8+. The van der Waals surface area contributed by atoms with E-state index in [2.05, 4.69) is 5.32 Å². The minimum Gasteiger partial charge on any atom is -0.317 e. The van der Waals surface area contributed by atoms with E-state index in [1.807, 2.05) is 53.2 Å². The molecule has 3 nitrogen and oxygen atoms in total. The largest absolute Gasteiger partial charge is 0.317 e. The van der Waals surface area contributed by atoms with Crippen molar-refractivity contribution >= 4 is 51.9 Å². The number of aromatic nitrogens is 1. The SMILES string of the molecule is O=C1NC(=S)S/C1=C/c1cccn1-c1ccc(Cl)cc1. The summed E-state index contributed by atoms with van der Waals surface area (Å²) in [4.78, 5) is 12.3. The van der Waals surface area contributed by atoms with Crippen LogP contribution in [0.5, 0.6) is 0 Å². The second kappa shape index (κ2) is 5.44. The van der Waals surface area contributed by atoms with E-state index in [1.54, 1.807) is 0 Å². The summed E-state index contributed by atoms with van der Waals surface area (Å²) in [5.41, 5.74) is 1.90. The van der Waals surface area contributed by atoms with Crippen LogP contribution in [0.3, 0.4) is 0 Å². The normalized spacial score (nSPS) is 16.8. The summed E-state index contributed by atoms with van der Waals surface area (Å²) < 4.78 is 2.48. The molecule has 1 aromatic heterocycles. The number of hydrogen-bond donors (Lipinski definition) is 1. The molecule has 1 N–H and O–H groups in total. The summed E-state index contributed by atoms with van der Waals surface area (Å²) in [5.74, 6) is -0.149. The highest BCUT2D eigenvalue weighted by Crippen LogP contribution is 2.27. The maximum Gasteiger partial charge on any atom is 0.263 e. The van der Waals surface area contributed by atoms with Crippen LogP contribution in [0.25, 0.3) is 11.8 Å². The molecule has 1 fully saturated rings. The molecule has 1 aliphatic heterocycles. The molecule has 1 aromatic carbocycles. The average molecular weight is 321 g/mol. The second-order valence-corrected chi connectivity index (χ2v) is 6.29. The lowest BCUT2D eigenvalue weighted by molar-refractivity contribution is -0.115. The quantitative estimate of drug-likeness (QED) is 0.678. The Balaban J connectivity index is 1.99. The van der Waals surface area contributed by atoms with Gasteiger partial charge in [-0.3, -0.25) is 4.79 Å². The zero-order valence-corrected chi connectivity index (χ0v) is 12.6. The molecule has 1 amide bonds. The van der Waals surface area contributed by atoms with E-state index in [0.29, 0.717) is 14.2 Å². The van der Waals surface area contributed by atoms with Crippen molar-refractivity contribution in [2.24, 2.45) is 0 Å². The van der Waals surface area contributed by atoms with Crippen molar-refractivity contribution in [3.8, 4) is 5.69 Å². The molecule has 0 atom stereocenters. The first-order chi connectivity index (χ1) is 9.63. The Morgan fingerprint density at radius 1 is 1.25 bits per heavy atom. The molecular formula is C14H9ClN2OS2. The minimum absolute atomic E-state index is 0.149. The molecule has 1 aliphatic rings. The molecule has 6 heteroatoms. The van der Waals surface area contributed by atoms with Crippen LogP contribution in [0.1, 0.15) is 5.69 Å². The van der Waals surface area contributed by atoms with Gasteiger partial charge in [-0.2, -0.15) is 0 Å². The van der Waals surface area contributed by atoms with Crippen LogP contribution in [-0.2, 0) is 4.79 Å². The Hall–Kier alpha value is -1.56. The lowest BCUT2D eigenvalue weighted by Crippen LogP contribution is -2.17. The van der Waals surface area contributed by atoms with Gasteiger partial charge in [0.05, 0.1) is 4.91 Å². The maximum absolute atomic E-state index is 11.7. The summed E-state index contributed by atoms with van der Waals surface area (Å²) >= 11 is 12.1. The van der Waals surface area contributed by atoms with Gasteiger partial charge in [0.25, 0.3) is 5.91 Å². The highest BCUT2D eigenvalue weighted by Gasteiger charge is 2.22. The first-order valence-corrected chi connectivity index (χ1v) is 7.42. The highest BCUT2D eigenvalue weighted by atomic mass is 35.5. The van der Waals surface area contributed by atoms with E-state index in [9.17, 15) is 4.79 Å². The lowest BCUT2D eigenvalue weighted by atomic mass is 10.3. The van der Waals surface area contributed by atoms with Crippen LogP contribution in [0.4, 0.5) is 0 Å². The van der Waals surface area contributed by atoms with Gasteiger partial charge in [0, 0.05) is 22.6 Å². The molecule has 0 saturated carbocycles. The molecule has 0 bridgehead atoms. The fourth-order valence-electron chi connectivity index (χ4n) is 1.90. The molecule has 0 aliphatic carbocycles. The molecule has 1 saturated heterocycles. The molecule has 0 unspecified atom stereocenters. The number of carbonyl (C=O) groups is 1. The Labute approximate surface area is 130 Å². The Morgan fingerprint density at radius 2 is 2.00 bits per heavy atom. The molecule has 2 aromatic rings. The van der Waals surface area contributed by atoms with Crippen molar-refractivity contribution in [3.05, 3.63) is 58.2 Å². The molecule has 2 heterocycles. The first-order valence-electron chi connectivity index (χ1n) is 5.81. The Morgan fingerprint density at radius 3 is 2.65 bits per heavy atom. The summed E-state index contributed by atoms with van der Waals surface area (Å²) in [5, 5.41) is 3.30. The van der Waals surface area contributed by atoms with Gasteiger partial charge < -0.3 is 9.88 Å².